The van der Waals surface area contributed by atoms with Crippen molar-refractivity contribution >= 4 is 21.6 Å². The van der Waals surface area contributed by atoms with E-state index in [1.807, 2.05) is 0 Å². The Kier molecular flexibility index (Phi) is 5.71. The molecule has 1 aromatic rings. The number of aliphatic hydroxyl groups excluding tert-OH is 2. The molecule has 106 valence electrons. The van der Waals surface area contributed by atoms with Crippen LogP contribution >= 0.6 is 15.9 Å². The first-order chi connectivity index (χ1) is 8.86. The van der Waals surface area contributed by atoms with Crippen LogP contribution in [0.3, 0.4) is 0 Å². The van der Waals surface area contributed by atoms with Crippen LogP contribution in [0.25, 0.3) is 0 Å². The molecule has 7 heteroatoms. The molecule has 0 heterocycles. The lowest BCUT2D eigenvalue weighted by Gasteiger charge is -2.16. The Bertz CT molecular complexity index is 464. The van der Waals surface area contributed by atoms with Gasteiger partial charge in [-0.3, -0.25) is 10.1 Å². The maximum absolute atomic E-state index is 11.0. The summed E-state index contributed by atoms with van der Waals surface area (Å²) in [5.41, 5.74) is 0.127. The molecule has 1 rings (SSSR count). The van der Waals surface area contributed by atoms with E-state index in [2.05, 4.69) is 15.9 Å². The highest BCUT2D eigenvalue weighted by Gasteiger charge is 2.23. The van der Waals surface area contributed by atoms with Gasteiger partial charge in [0, 0.05) is 28.6 Å². The van der Waals surface area contributed by atoms with Gasteiger partial charge < -0.3 is 14.9 Å². The number of nitrogens with zero attached hydrogens (tertiary/aromatic N) is 1. The highest BCUT2D eigenvalue weighted by Crippen LogP contribution is 2.38. The number of halogens is 1. The number of rotatable bonds is 6. The van der Waals surface area contributed by atoms with E-state index >= 15 is 0 Å². The monoisotopic (exact) mass is 333 g/mol. The van der Waals surface area contributed by atoms with Crippen LogP contribution in [0.2, 0.25) is 0 Å². The molecule has 0 fully saturated rings. The fraction of sp³-hybridized carbons (Fsp3) is 0.500. The standard InChI is InChI=1S/C12H16BrNO5/c1-7(5-15)6-19-12-10(8(2)16)3-9(13)4-11(12)14(17)18/h3-4,7-8,15-16H,5-6H2,1-2H3/t7?,8-/m0/s1. The van der Waals surface area contributed by atoms with Gasteiger partial charge in [0.05, 0.1) is 17.6 Å². The molecule has 0 saturated heterocycles. The maximum atomic E-state index is 11.0. The molecular weight excluding hydrogens is 318 g/mol. The average Bonchev–Trinajstić information content (AvgIpc) is 2.35. The van der Waals surface area contributed by atoms with Gasteiger partial charge in [0.15, 0.2) is 0 Å². The number of hydrogen-bond donors (Lipinski definition) is 2. The fourth-order valence-electron chi connectivity index (χ4n) is 1.48. The summed E-state index contributed by atoms with van der Waals surface area (Å²) in [6, 6.07) is 2.90. The lowest BCUT2D eigenvalue weighted by atomic mass is 10.1. The normalized spacial score (nSPS) is 13.9. The summed E-state index contributed by atoms with van der Waals surface area (Å²) in [5, 5.41) is 29.7. The highest BCUT2D eigenvalue weighted by atomic mass is 79.9. The van der Waals surface area contributed by atoms with Crippen LogP contribution in [0, 0.1) is 16.0 Å². The minimum atomic E-state index is -0.893. The minimum Gasteiger partial charge on any atom is -0.486 e. The predicted octanol–water partition coefficient (Wildman–Crippen LogP) is 2.42. The van der Waals surface area contributed by atoms with Crippen LogP contribution < -0.4 is 4.74 Å². The van der Waals surface area contributed by atoms with Crippen molar-refractivity contribution in [1.29, 1.82) is 0 Å². The number of benzene rings is 1. The number of nitro groups is 1. The number of aliphatic hydroxyl groups is 2. The van der Waals surface area contributed by atoms with E-state index in [4.69, 9.17) is 9.84 Å². The van der Waals surface area contributed by atoms with Gasteiger partial charge in [-0.2, -0.15) is 0 Å². The molecule has 0 aliphatic rings. The lowest BCUT2D eigenvalue weighted by Crippen LogP contribution is -2.14. The molecule has 0 aliphatic carbocycles. The summed E-state index contributed by atoms with van der Waals surface area (Å²) >= 11 is 3.17. The Labute approximate surface area is 119 Å². The van der Waals surface area contributed by atoms with Gasteiger partial charge in [-0.15, -0.1) is 0 Å². The second kappa shape index (κ2) is 6.83. The zero-order chi connectivity index (χ0) is 14.6. The zero-order valence-electron chi connectivity index (χ0n) is 10.7. The van der Waals surface area contributed by atoms with Gasteiger partial charge in [0.2, 0.25) is 5.75 Å². The Morgan fingerprint density at radius 3 is 2.58 bits per heavy atom. The molecule has 1 aromatic carbocycles. The minimum absolute atomic E-state index is 0.0449. The molecule has 19 heavy (non-hydrogen) atoms. The molecule has 0 aromatic heterocycles. The third-order valence-corrected chi connectivity index (χ3v) is 2.99. The molecule has 1 unspecified atom stereocenters. The summed E-state index contributed by atoms with van der Waals surface area (Å²) in [6.45, 7) is 3.33. The van der Waals surface area contributed by atoms with E-state index in [1.165, 1.54) is 13.0 Å². The second-order valence-corrected chi connectivity index (χ2v) is 5.29. The van der Waals surface area contributed by atoms with Gasteiger partial charge >= 0.3 is 5.69 Å². The smallest absolute Gasteiger partial charge is 0.312 e. The van der Waals surface area contributed by atoms with Gasteiger partial charge in [-0.1, -0.05) is 22.9 Å². The third kappa shape index (κ3) is 4.15. The Hall–Kier alpha value is -1.18. The molecular formula is C12H16BrNO5. The number of ether oxygens (including phenoxy) is 1. The first-order valence-corrected chi connectivity index (χ1v) is 6.55. The fourth-order valence-corrected chi connectivity index (χ4v) is 1.94. The molecule has 0 spiro atoms. The van der Waals surface area contributed by atoms with Crippen molar-refractivity contribution in [2.45, 2.75) is 20.0 Å². The van der Waals surface area contributed by atoms with Gasteiger partial charge in [-0.05, 0) is 13.0 Å². The zero-order valence-corrected chi connectivity index (χ0v) is 12.3. The van der Waals surface area contributed by atoms with Gasteiger partial charge in [-0.25, -0.2) is 0 Å². The van der Waals surface area contributed by atoms with Crippen molar-refractivity contribution in [2.75, 3.05) is 13.2 Å². The SMILES string of the molecule is CC(CO)COc1c([C@H](C)O)cc(Br)cc1[N+](=O)[O-]. The predicted molar refractivity (Wildman–Crippen MR) is 73.2 cm³/mol. The van der Waals surface area contributed by atoms with Gasteiger partial charge in [0.1, 0.15) is 0 Å². The summed E-state index contributed by atoms with van der Waals surface area (Å²) in [6.07, 6.45) is -0.893. The first kappa shape index (κ1) is 15.9. The van der Waals surface area contributed by atoms with Crippen molar-refractivity contribution in [3.8, 4) is 5.75 Å². The Balaban J connectivity index is 3.19. The summed E-state index contributed by atoms with van der Waals surface area (Å²) in [4.78, 5) is 10.5. The van der Waals surface area contributed by atoms with Crippen LogP contribution in [0.5, 0.6) is 5.75 Å². The van der Waals surface area contributed by atoms with E-state index in [9.17, 15) is 15.2 Å². The van der Waals surface area contributed by atoms with E-state index in [1.54, 1.807) is 13.0 Å². The quantitative estimate of drug-likeness (QED) is 0.616. The first-order valence-electron chi connectivity index (χ1n) is 5.76. The average molecular weight is 334 g/mol. The largest absolute Gasteiger partial charge is 0.486 e. The molecule has 0 radical (unpaired) electrons. The van der Waals surface area contributed by atoms with Crippen molar-refractivity contribution in [3.63, 3.8) is 0 Å². The Morgan fingerprint density at radius 1 is 1.47 bits per heavy atom. The number of nitro benzene ring substituents is 1. The molecule has 0 aliphatic heterocycles. The van der Waals surface area contributed by atoms with E-state index < -0.39 is 11.0 Å². The molecule has 0 bridgehead atoms. The van der Waals surface area contributed by atoms with E-state index in [-0.39, 0.29) is 30.6 Å². The highest BCUT2D eigenvalue weighted by molar-refractivity contribution is 9.10. The third-order valence-electron chi connectivity index (χ3n) is 2.53. The maximum Gasteiger partial charge on any atom is 0.312 e. The van der Waals surface area contributed by atoms with Gasteiger partial charge in [0.25, 0.3) is 0 Å². The molecule has 6 nitrogen and oxygen atoms in total. The molecule has 2 N–H and O–H groups in total. The second-order valence-electron chi connectivity index (χ2n) is 4.38. The van der Waals surface area contributed by atoms with Crippen molar-refractivity contribution < 1.29 is 19.9 Å². The van der Waals surface area contributed by atoms with Crippen molar-refractivity contribution in [3.05, 3.63) is 32.3 Å². The van der Waals surface area contributed by atoms with Crippen LogP contribution in [-0.2, 0) is 0 Å². The van der Waals surface area contributed by atoms with Crippen LogP contribution in [0.1, 0.15) is 25.5 Å². The van der Waals surface area contributed by atoms with Crippen LogP contribution in [0.15, 0.2) is 16.6 Å². The summed E-state index contributed by atoms with van der Waals surface area (Å²) in [7, 11) is 0. The van der Waals surface area contributed by atoms with Crippen LogP contribution in [-0.4, -0.2) is 28.4 Å². The molecule has 0 amide bonds. The van der Waals surface area contributed by atoms with Crippen molar-refractivity contribution in [2.24, 2.45) is 5.92 Å². The lowest BCUT2D eigenvalue weighted by molar-refractivity contribution is -0.386. The van der Waals surface area contributed by atoms with E-state index in [0.29, 0.717) is 10.0 Å². The summed E-state index contributed by atoms with van der Waals surface area (Å²) in [5.74, 6) is -0.103. The molecule has 2 atom stereocenters. The summed E-state index contributed by atoms with van der Waals surface area (Å²) < 4.78 is 5.91. The number of hydrogen-bond acceptors (Lipinski definition) is 5. The van der Waals surface area contributed by atoms with Crippen molar-refractivity contribution in [1.82, 2.24) is 0 Å². The topological polar surface area (TPSA) is 92.8 Å². The molecule has 0 saturated carbocycles. The Morgan fingerprint density at radius 2 is 2.11 bits per heavy atom. The van der Waals surface area contributed by atoms with Crippen LogP contribution in [0.4, 0.5) is 5.69 Å². The van der Waals surface area contributed by atoms with E-state index in [0.717, 1.165) is 0 Å².